The van der Waals surface area contributed by atoms with Crippen molar-refractivity contribution in [3.05, 3.63) is 99.6 Å². The van der Waals surface area contributed by atoms with Crippen molar-refractivity contribution in [1.29, 1.82) is 0 Å². The Balaban J connectivity index is 1.59. The molecule has 7 rings (SSSR count). The molecule has 4 aliphatic rings. The minimum atomic E-state index is -0.365. The summed E-state index contributed by atoms with van der Waals surface area (Å²) < 4.78 is 0. The molecule has 1 fully saturated rings. The van der Waals surface area contributed by atoms with Crippen LogP contribution in [-0.4, -0.2) is 11.8 Å². The molecule has 2 unspecified atom stereocenters. The van der Waals surface area contributed by atoms with Crippen LogP contribution in [0.4, 0.5) is 5.69 Å². The van der Waals surface area contributed by atoms with E-state index in [2.05, 4.69) is 24.3 Å². The van der Waals surface area contributed by atoms with Crippen molar-refractivity contribution >= 4 is 29.1 Å². The molecule has 1 aliphatic heterocycles. The van der Waals surface area contributed by atoms with Crippen LogP contribution in [0.3, 0.4) is 0 Å². The highest BCUT2D eigenvalue weighted by molar-refractivity contribution is 6.32. The van der Waals surface area contributed by atoms with Gasteiger partial charge in [-0.3, -0.25) is 9.59 Å². The summed E-state index contributed by atoms with van der Waals surface area (Å²) in [6.45, 7) is 1.86. The van der Waals surface area contributed by atoms with E-state index in [9.17, 15) is 9.59 Å². The van der Waals surface area contributed by atoms with E-state index in [0.717, 1.165) is 5.56 Å². The second-order valence-corrected chi connectivity index (χ2v) is 8.57. The molecule has 2 bridgehead atoms. The van der Waals surface area contributed by atoms with E-state index < -0.39 is 0 Å². The fraction of sp³-hybridized carbons (Fsp3) is 0.200. The molecule has 2 atom stereocenters. The number of anilines is 1. The standard InChI is InChI=1S/C25H18ClNO2/c1-13-18(26)11-6-12-19(13)27-24(28)22-20-14-7-2-3-8-15(14)21(23(22)25(27)29)17-10-5-4-9-16(17)20/h2-12,20-23H,1H3. The largest absolute Gasteiger partial charge is 0.274 e. The van der Waals surface area contributed by atoms with Gasteiger partial charge in [0.25, 0.3) is 0 Å². The van der Waals surface area contributed by atoms with Gasteiger partial charge in [-0.1, -0.05) is 66.2 Å². The molecular weight excluding hydrogens is 382 g/mol. The number of carbonyl (C=O) groups is 2. The van der Waals surface area contributed by atoms with E-state index in [1.54, 1.807) is 12.1 Å². The van der Waals surface area contributed by atoms with Crippen LogP contribution in [-0.2, 0) is 9.59 Å². The average Bonchev–Trinajstić information content (AvgIpc) is 3.01. The van der Waals surface area contributed by atoms with Gasteiger partial charge < -0.3 is 0 Å². The Bertz CT molecular complexity index is 1100. The van der Waals surface area contributed by atoms with Crippen molar-refractivity contribution < 1.29 is 9.59 Å². The summed E-state index contributed by atoms with van der Waals surface area (Å²) in [6.07, 6.45) is 0. The van der Waals surface area contributed by atoms with Gasteiger partial charge in [0.1, 0.15) is 0 Å². The van der Waals surface area contributed by atoms with Gasteiger partial charge >= 0.3 is 0 Å². The average molecular weight is 400 g/mol. The quantitative estimate of drug-likeness (QED) is 0.537. The molecule has 0 N–H and O–H groups in total. The molecule has 142 valence electrons. The van der Waals surface area contributed by atoms with E-state index in [1.165, 1.54) is 27.2 Å². The first kappa shape index (κ1) is 17.0. The number of amides is 2. The van der Waals surface area contributed by atoms with E-state index >= 15 is 0 Å². The maximum Gasteiger partial charge on any atom is 0.238 e. The highest BCUT2D eigenvalue weighted by Crippen LogP contribution is 2.61. The van der Waals surface area contributed by atoms with Crippen molar-refractivity contribution in [2.75, 3.05) is 4.90 Å². The highest BCUT2D eigenvalue weighted by atomic mass is 35.5. The summed E-state index contributed by atoms with van der Waals surface area (Å²) in [5, 5.41) is 0.563. The van der Waals surface area contributed by atoms with Crippen LogP contribution >= 0.6 is 11.6 Å². The molecule has 0 spiro atoms. The van der Waals surface area contributed by atoms with Crippen LogP contribution in [0.1, 0.15) is 39.7 Å². The van der Waals surface area contributed by atoms with Crippen molar-refractivity contribution in [2.24, 2.45) is 11.8 Å². The first-order valence-corrected chi connectivity index (χ1v) is 10.3. The van der Waals surface area contributed by atoms with Gasteiger partial charge in [0.2, 0.25) is 11.8 Å². The third-order valence-electron chi connectivity index (χ3n) is 6.93. The Kier molecular flexibility index (Phi) is 3.40. The summed E-state index contributed by atoms with van der Waals surface area (Å²) >= 11 is 6.31. The lowest BCUT2D eigenvalue weighted by Gasteiger charge is -2.45. The topological polar surface area (TPSA) is 37.4 Å². The van der Waals surface area contributed by atoms with E-state index in [1.807, 2.05) is 37.3 Å². The predicted molar refractivity (Wildman–Crippen MR) is 112 cm³/mol. The molecule has 1 saturated heterocycles. The molecule has 0 radical (unpaired) electrons. The van der Waals surface area contributed by atoms with Crippen molar-refractivity contribution in [3.63, 3.8) is 0 Å². The maximum absolute atomic E-state index is 13.7. The molecular formula is C25H18ClNO2. The third kappa shape index (κ3) is 2.03. The SMILES string of the molecule is Cc1c(Cl)cccc1N1C(=O)C2C3c4ccccc4C(c4ccccc43)C2C1=O. The van der Waals surface area contributed by atoms with Crippen molar-refractivity contribution in [3.8, 4) is 0 Å². The first-order chi connectivity index (χ1) is 14.1. The summed E-state index contributed by atoms with van der Waals surface area (Å²) in [5.74, 6) is -1.11. The zero-order valence-corrected chi connectivity index (χ0v) is 16.6. The van der Waals surface area contributed by atoms with E-state index in [4.69, 9.17) is 11.6 Å². The molecule has 0 aromatic heterocycles. The van der Waals surface area contributed by atoms with Gasteiger partial charge in [0.05, 0.1) is 17.5 Å². The Morgan fingerprint density at radius 1 is 0.690 bits per heavy atom. The minimum absolute atomic E-state index is 0.0849. The van der Waals surface area contributed by atoms with Crippen LogP contribution in [0.5, 0.6) is 0 Å². The number of benzene rings is 3. The number of carbonyl (C=O) groups excluding carboxylic acids is 2. The number of halogens is 1. The Morgan fingerprint density at radius 3 is 1.59 bits per heavy atom. The molecule has 4 heteroatoms. The summed E-state index contributed by atoms with van der Waals surface area (Å²) in [5.41, 5.74) is 6.10. The Morgan fingerprint density at radius 2 is 1.14 bits per heavy atom. The molecule has 3 nitrogen and oxygen atoms in total. The van der Waals surface area contributed by atoms with Gasteiger partial charge in [0, 0.05) is 16.9 Å². The monoisotopic (exact) mass is 399 g/mol. The van der Waals surface area contributed by atoms with Crippen LogP contribution in [0.15, 0.2) is 66.7 Å². The van der Waals surface area contributed by atoms with Crippen LogP contribution in [0.25, 0.3) is 0 Å². The molecule has 29 heavy (non-hydrogen) atoms. The fourth-order valence-electron chi connectivity index (χ4n) is 5.75. The third-order valence-corrected chi connectivity index (χ3v) is 7.34. The second kappa shape index (κ2) is 5.80. The molecule has 0 saturated carbocycles. The number of imide groups is 1. The number of hydrogen-bond acceptors (Lipinski definition) is 2. The predicted octanol–water partition coefficient (Wildman–Crippen LogP) is 5.05. The fourth-order valence-corrected chi connectivity index (χ4v) is 5.92. The second-order valence-electron chi connectivity index (χ2n) is 8.16. The minimum Gasteiger partial charge on any atom is -0.274 e. The van der Waals surface area contributed by atoms with Gasteiger partial charge in [0.15, 0.2) is 0 Å². The van der Waals surface area contributed by atoms with Gasteiger partial charge in [-0.05, 0) is 46.9 Å². The van der Waals surface area contributed by atoms with Crippen molar-refractivity contribution in [2.45, 2.75) is 18.8 Å². The maximum atomic E-state index is 13.7. The van der Waals surface area contributed by atoms with Crippen LogP contribution in [0.2, 0.25) is 5.02 Å². The van der Waals surface area contributed by atoms with Crippen LogP contribution in [0, 0.1) is 18.8 Å². The normalized spacial score (nSPS) is 26.3. The summed E-state index contributed by atoms with van der Waals surface area (Å²) in [4.78, 5) is 28.8. The number of hydrogen-bond donors (Lipinski definition) is 0. The zero-order chi connectivity index (χ0) is 19.9. The lowest BCUT2D eigenvalue weighted by atomic mass is 9.55. The zero-order valence-electron chi connectivity index (χ0n) is 15.8. The lowest BCUT2D eigenvalue weighted by Crippen LogP contribution is -2.41. The lowest BCUT2D eigenvalue weighted by molar-refractivity contribution is -0.122. The van der Waals surface area contributed by atoms with Gasteiger partial charge in [-0.2, -0.15) is 0 Å². The Hall–Kier alpha value is -2.91. The Labute approximate surface area is 173 Å². The van der Waals surface area contributed by atoms with Crippen LogP contribution < -0.4 is 4.90 Å². The summed E-state index contributed by atoms with van der Waals surface area (Å²) in [7, 11) is 0. The van der Waals surface area contributed by atoms with Crippen molar-refractivity contribution in [1.82, 2.24) is 0 Å². The van der Waals surface area contributed by atoms with Gasteiger partial charge in [-0.25, -0.2) is 4.90 Å². The first-order valence-electron chi connectivity index (χ1n) is 9.90. The van der Waals surface area contributed by atoms with E-state index in [-0.39, 0.29) is 35.5 Å². The number of rotatable bonds is 1. The smallest absolute Gasteiger partial charge is 0.238 e. The molecule has 3 aromatic carbocycles. The highest BCUT2D eigenvalue weighted by Gasteiger charge is 2.61. The summed E-state index contributed by atoms with van der Waals surface area (Å²) in [6, 6.07) is 22.0. The molecule has 3 aromatic rings. The molecule has 2 amide bonds. The molecule has 3 aliphatic carbocycles. The van der Waals surface area contributed by atoms with Gasteiger partial charge in [-0.15, -0.1) is 0 Å². The molecule has 1 heterocycles. The number of nitrogens with zero attached hydrogens (tertiary/aromatic N) is 1. The van der Waals surface area contributed by atoms with E-state index in [0.29, 0.717) is 10.7 Å².